The van der Waals surface area contributed by atoms with E-state index in [0.29, 0.717) is 12.5 Å². The molecule has 0 aliphatic carbocycles. The lowest BCUT2D eigenvalue weighted by molar-refractivity contribution is -0.121. The lowest BCUT2D eigenvalue weighted by Gasteiger charge is -2.34. The highest BCUT2D eigenvalue weighted by molar-refractivity contribution is 5.82. The molecule has 27 heavy (non-hydrogen) atoms. The number of aromatic nitrogens is 2. The van der Waals surface area contributed by atoms with Crippen molar-refractivity contribution in [2.24, 2.45) is 0 Å². The minimum Gasteiger partial charge on any atom is -0.393 e. The van der Waals surface area contributed by atoms with Gasteiger partial charge in [-0.15, -0.1) is 0 Å². The van der Waals surface area contributed by atoms with E-state index in [1.807, 2.05) is 29.2 Å². The van der Waals surface area contributed by atoms with Gasteiger partial charge >= 0.3 is 0 Å². The number of rotatable bonds is 4. The molecule has 0 spiro atoms. The normalized spacial score (nSPS) is 21.2. The van der Waals surface area contributed by atoms with Crippen molar-refractivity contribution in [2.75, 3.05) is 36.0 Å². The molecule has 0 unspecified atom stereocenters. The number of carbonyl (C=O) groups excluding carboxylic acids is 1. The Bertz CT molecular complexity index is 777. The summed E-state index contributed by atoms with van der Waals surface area (Å²) < 4.78 is 0. The Morgan fingerprint density at radius 2 is 1.89 bits per heavy atom. The van der Waals surface area contributed by atoms with Crippen molar-refractivity contribution >= 4 is 17.7 Å². The van der Waals surface area contributed by atoms with Gasteiger partial charge in [-0.2, -0.15) is 4.98 Å². The average molecular weight is 367 g/mol. The van der Waals surface area contributed by atoms with Crippen LogP contribution in [0.1, 0.15) is 18.4 Å². The van der Waals surface area contributed by atoms with Crippen LogP contribution in [-0.4, -0.2) is 59.3 Å². The van der Waals surface area contributed by atoms with Crippen molar-refractivity contribution in [3.63, 3.8) is 0 Å². The number of aliphatic hydroxyl groups excluding tert-OH is 1. The molecule has 2 aliphatic rings. The molecule has 0 bridgehead atoms. The van der Waals surface area contributed by atoms with Crippen molar-refractivity contribution in [1.29, 1.82) is 0 Å². The second-order valence-electron chi connectivity index (χ2n) is 7.27. The maximum absolute atomic E-state index is 12.2. The highest BCUT2D eigenvalue weighted by atomic mass is 16.3. The molecule has 7 heteroatoms. The SMILES string of the molecule is O=C1CN(c2nccc(N3CCC(O)CC3)n2)C[C@H](Cc2ccccc2)N1. The number of piperidine rings is 1. The van der Waals surface area contributed by atoms with Crippen LogP contribution in [0.4, 0.5) is 11.8 Å². The monoisotopic (exact) mass is 367 g/mol. The molecule has 1 amide bonds. The Morgan fingerprint density at radius 1 is 1.11 bits per heavy atom. The summed E-state index contributed by atoms with van der Waals surface area (Å²) in [6.07, 6.45) is 3.83. The van der Waals surface area contributed by atoms with E-state index >= 15 is 0 Å². The molecule has 7 nitrogen and oxygen atoms in total. The molecular weight excluding hydrogens is 342 g/mol. The lowest BCUT2D eigenvalue weighted by atomic mass is 10.0. The maximum atomic E-state index is 12.2. The third kappa shape index (κ3) is 4.36. The van der Waals surface area contributed by atoms with Gasteiger partial charge in [0.05, 0.1) is 18.7 Å². The first kappa shape index (κ1) is 17.7. The van der Waals surface area contributed by atoms with Gasteiger partial charge in [-0.05, 0) is 30.9 Å². The molecule has 0 radical (unpaired) electrons. The predicted molar refractivity (Wildman–Crippen MR) is 104 cm³/mol. The fraction of sp³-hybridized carbons (Fsp3) is 0.450. The minimum atomic E-state index is -0.216. The molecule has 4 rings (SSSR count). The van der Waals surface area contributed by atoms with E-state index in [2.05, 4.69) is 27.3 Å². The third-order valence-corrected chi connectivity index (χ3v) is 5.16. The van der Waals surface area contributed by atoms with Gasteiger partial charge in [0.2, 0.25) is 11.9 Å². The zero-order valence-corrected chi connectivity index (χ0v) is 15.3. The Kier molecular flexibility index (Phi) is 5.20. The fourth-order valence-corrected chi connectivity index (χ4v) is 3.75. The van der Waals surface area contributed by atoms with Gasteiger partial charge in [0, 0.05) is 25.8 Å². The molecule has 2 N–H and O–H groups in total. The molecule has 2 fully saturated rings. The number of aliphatic hydroxyl groups is 1. The number of hydrogen-bond donors (Lipinski definition) is 2. The molecule has 1 atom stereocenters. The van der Waals surface area contributed by atoms with Gasteiger partial charge in [0.15, 0.2) is 0 Å². The average Bonchev–Trinajstić information content (AvgIpc) is 2.69. The third-order valence-electron chi connectivity index (χ3n) is 5.16. The number of benzene rings is 1. The van der Waals surface area contributed by atoms with E-state index in [1.54, 1.807) is 6.20 Å². The van der Waals surface area contributed by atoms with Crippen molar-refractivity contribution in [3.05, 3.63) is 48.2 Å². The van der Waals surface area contributed by atoms with Crippen LogP contribution >= 0.6 is 0 Å². The first-order valence-corrected chi connectivity index (χ1v) is 9.51. The predicted octanol–water partition coefficient (Wildman–Crippen LogP) is 0.985. The molecular formula is C20H25N5O2. The van der Waals surface area contributed by atoms with E-state index in [9.17, 15) is 9.90 Å². The number of nitrogens with zero attached hydrogens (tertiary/aromatic N) is 4. The van der Waals surface area contributed by atoms with Gasteiger partial charge in [-0.25, -0.2) is 4.98 Å². The summed E-state index contributed by atoms with van der Waals surface area (Å²) in [5.74, 6) is 1.45. The van der Waals surface area contributed by atoms with Crippen molar-refractivity contribution in [2.45, 2.75) is 31.4 Å². The minimum absolute atomic E-state index is 0.00252. The molecule has 0 saturated carbocycles. The summed E-state index contributed by atoms with van der Waals surface area (Å²) in [5.41, 5.74) is 1.20. The van der Waals surface area contributed by atoms with Gasteiger partial charge in [0.1, 0.15) is 5.82 Å². The smallest absolute Gasteiger partial charge is 0.239 e. The zero-order valence-electron chi connectivity index (χ0n) is 15.3. The highest BCUT2D eigenvalue weighted by Crippen LogP contribution is 2.21. The molecule has 2 saturated heterocycles. The number of piperazine rings is 1. The summed E-state index contributed by atoms with van der Waals surface area (Å²) >= 11 is 0. The van der Waals surface area contributed by atoms with Gasteiger partial charge in [-0.1, -0.05) is 30.3 Å². The first-order chi connectivity index (χ1) is 13.2. The van der Waals surface area contributed by atoms with Crippen molar-refractivity contribution in [3.8, 4) is 0 Å². The molecule has 3 heterocycles. The number of carbonyl (C=O) groups is 1. The second-order valence-corrected chi connectivity index (χ2v) is 7.27. The van der Waals surface area contributed by atoms with E-state index < -0.39 is 0 Å². The van der Waals surface area contributed by atoms with Gasteiger partial charge in [-0.3, -0.25) is 4.79 Å². The van der Waals surface area contributed by atoms with Crippen molar-refractivity contribution < 1.29 is 9.90 Å². The number of anilines is 2. The highest BCUT2D eigenvalue weighted by Gasteiger charge is 2.27. The molecule has 1 aromatic heterocycles. The van der Waals surface area contributed by atoms with E-state index in [-0.39, 0.29) is 24.6 Å². The van der Waals surface area contributed by atoms with E-state index in [4.69, 9.17) is 4.98 Å². The standard InChI is InChI=1S/C20H25N5O2/c26-17-7-10-24(11-8-17)18-6-9-21-20(23-18)25-13-16(22-19(27)14-25)12-15-4-2-1-3-5-15/h1-6,9,16-17,26H,7-8,10-14H2,(H,22,27)/t16-/m0/s1. The largest absolute Gasteiger partial charge is 0.393 e. The van der Waals surface area contributed by atoms with Crippen LogP contribution in [0.2, 0.25) is 0 Å². The summed E-state index contributed by atoms with van der Waals surface area (Å²) in [5, 5.41) is 12.8. The Morgan fingerprint density at radius 3 is 2.67 bits per heavy atom. The van der Waals surface area contributed by atoms with E-state index in [1.165, 1.54) is 5.56 Å². The van der Waals surface area contributed by atoms with Crippen LogP contribution in [0, 0.1) is 0 Å². The second kappa shape index (κ2) is 7.92. The van der Waals surface area contributed by atoms with Gasteiger partial charge < -0.3 is 20.2 Å². The zero-order chi connectivity index (χ0) is 18.6. The summed E-state index contributed by atoms with van der Waals surface area (Å²) in [4.78, 5) is 25.5. The van der Waals surface area contributed by atoms with Crippen LogP contribution in [0.15, 0.2) is 42.6 Å². The molecule has 2 aliphatic heterocycles. The Hall–Kier alpha value is -2.67. The van der Waals surface area contributed by atoms with Crippen molar-refractivity contribution in [1.82, 2.24) is 15.3 Å². The first-order valence-electron chi connectivity index (χ1n) is 9.51. The van der Waals surface area contributed by atoms with Crippen LogP contribution in [-0.2, 0) is 11.2 Å². The lowest BCUT2D eigenvalue weighted by Crippen LogP contribution is -2.55. The number of amides is 1. The van der Waals surface area contributed by atoms with Crippen LogP contribution < -0.4 is 15.1 Å². The van der Waals surface area contributed by atoms with Crippen LogP contribution in [0.25, 0.3) is 0 Å². The molecule has 1 aromatic carbocycles. The van der Waals surface area contributed by atoms with E-state index in [0.717, 1.165) is 38.2 Å². The number of hydrogen-bond acceptors (Lipinski definition) is 6. The quantitative estimate of drug-likeness (QED) is 0.839. The fourth-order valence-electron chi connectivity index (χ4n) is 3.75. The van der Waals surface area contributed by atoms with Crippen LogP contribution in [0.3, 0.4) is 0 Å². The van der Waals surface area contributed by atoms with Crippen LogP contribution in [0.5, 0.6) is 0 Å². The molecule has 2 aromatic rings. The number of nitrogens with one attached hydrogen (secondary N) is 1. The topological polar surface area (TPSA) is 81.6 Å². The van der Waals surface area contributed by atoms with Gasteiger partial charge in [0.25, 0.3) is 0 Å². The summed E-state index contributed by atoms with van der Waals surface area (Å²) in [6.45, 7) is 2.53. The Labute approximate surface area is 159 Å². The molecule has 142 valence electrons. The summed E-state index contributed by atoms with van der Waals surface area (Å²) in [7, 11) is 0. The Balaban J connectivity index is 1.47. The maximum Gasteiger partial charge on any atom is 0.239 e. The summed E-state index contributed by atoms with van der Waals surface area (Å²) in [6, 6.07) is 12.1.